The van der Waals surface area contributed by atoms with Gasteiger partial charge in [0.1, 0.15) is 73.1 Å². The summed E-state index contributed by atoms with van der Waals surface area (Å²) in [4.78, 5) is 35.6. The largest absolute Gasteiger partial charge is 0.479 e. The number of rotatable bonds is 13. The van der Waals surface area contributed by atoms with Crippen LogP contribution in [0, 0.1) is 0 Å². The van der Waals surface area contributed by atoms with Crippen LogP contribution in [0.5, 0.6) is 0 Å². The van der Waals surface area contributed by atoms with E-state index in [4.69, 9.17) is 33.5 Å². The SMILES string of the molecule is CC(=O)N[C@H]1[C@H](O[C@H](CO)[C@@H](O)C(=O)O)O[C@H](CO)[C@@H](O[C@@H]2O[C@H](CO)[C@@H](O)[C@H](O[C@@H]3O[C@@H](C)[C@@H](O)[C@@H](O)[C@@H]3O)[C@H]2NC(C)=O)[C@@H]1O. The number of nitrogens with one attached hydrogen (secondary N) is 2. The molecule has 3 fully saturated rings. The molecule has 3 aliphatic heterocycles. The molecule has 0 aromatic carbocycles. The predicted molar refractivity (Wildman–Crippen MR) is 146 cm³/mol. The molecular formula is C26H44N2O19. The third-order valence-electron chi connectivity index (χ3n) is 7.93. The van der Waals surface area contributed by atoms with Crippen molar-refractivity contribution in [1.29, 1.82) is 0 Å². The van der Waals surface area contributed by atoms with E-state index in [0.29, 0.717) is 0 Å². The van der Waals surface area contributed by atoms with Gasteiger partial charge in [-0.3, -0.25) is 9.59 Å². The molecule has 0 aliphatic carbocycles. The molecular weight excluding hydrogens is 644 g/mol. The summed E-state index contributed by atoms with van der Waals surface area (Å²) in [6.45, 7) is 0.707. The summed E-state index contributed by atoms with van der Waals surface area (Å²) in [5.41, 5.74) is 0. The topological polar surface area (TPSA) is 333 Å². The highest BCUT2D eigenvalue weighted by Gasteiger charge is 2.54. The van der Waals surface area contributed by atoms with Crippen LogP contribution >= 0.6 is 0 Å². The highest BCUT2D eigenvalue weighted by Crippen LogP contribution is 2.33. The molecule has 3 heterocycles. The minimum Gasteiger partial charge on any atom is -0.479 e. The van der Waals surface area contributed by atoms with Gasteiger partial charge in [0, 0.05) is 13.8 Å². The maximum absolute atomic E-state index is 12.3. The highest BCUT2D eigenvalue weighted by molar-refractivity contribution is 5.74. The summed E-state index contributed by atoms with van der Waals surface area (Å²) in [6, 6.07) is -3.12. The zero-order valence-corrected chi connectivity index (χ0v) is 25.6. The molecule has 0 spiro atoms. The number of carbonyl (C=O) groups excluding carboxylic acids is 2. The van der Waals surface area contributed by atoms with E-state index >= 15 is 0 Å². The summed E-state index contributed by atoms with van der Waals surface area (Å²) in [5, 5.41) is 107. The highest BCUT2D eigenvalue weighted by atomic mass is 16.7. The minimum atomic E-state index is -2.26. The lowest BCUT2D eigenvalue weighted by Crippen LogP contribution is -2.70. The van der Waals surface area contributed by atoms with Gasteiger partial charge in [-0.2, -0.15) is 0 Å². The first-order valence-electron chi connectivity index (χ1n) is 14.7. The molecule has 0 aromatic heterocycles. The van der Waals surface area contributed by atoms with Gasteiger partial charge in [0.15, 0.2) is 25.0 Å². The fourth-order valence-electron chi connectivity index (χ4n) is 5.46. The summed E-state index contributed by atoms with van der Waals surface area (Å²) >= 11 is 0. The van der Waals surface area contributed by atoms with Crippen molar-refractivity contribution in [3.63, 3.8) is 0 Å². The number of carboxylic acid groups (broad SMARTS) is 1. The smallest absolute Gasteiger partial charge is 0.335 e. The van der Waals surface area contributed by atoms with Crippen LogP contribution in [0.15, 0.2) is 0 Å². The maximum atomic E-state index is 12.3. The number of carbonyl (C=O) groups is 3. The van der Waals surface area contributed by atoms with E-state index in [2.05, 4.69) is 10.6 Å². The number of aliphatic hydroxyl groups is 9. The second-order valence-corrected chi connectivity index (χ2v) is 11.4. The van der Waals surface area contributed by atoms with Gasteiger partial charge >= 0.3 is 5.97 Å². The van der Waals surface area contributed by atoms with E-state index in [1.807, 2.05) is 0 Å². The lowest BCUT2D eigenvalue weighted by molar-refractivity contribution is -0.360. The molecule has 3 rings (SSSR count). The predicted octanol–water partition coefficient (Wildman–Crippen LogP) is -7.43. The summed E-state index contributed by atoms with van der Waals surface area (Å²) in [6.07, 6.45) is -25.4. The molecule has 0 aromatic rings. The number of aliphatic hydroxyl groups excluding tert-OH is 9. The molecule has 2 amide bonds. The molecule has 272 valence electrons. The second-order valence-electron chi connectivity index (χ2n) is 11.4. The third kappa shape index (κ3) is 9.09. The molecule has 0 unspecified atom stereocenters. The Morgan fingerprint density at radius 1 is 0.702 bits per heavy atom. The van der Waals surface area contributed by atoms with Crippen LogP contribution in [0.25, 0.3) is 0 Å². The molecule has 0 bridgehead atoms. The van der Waals surface area contributed by atoms with Crippen molar-refractivity contribution in [2.45, 2.75) is 125 Å². The number of ether oxygens (including phenoxy) is 6. The van der Waals surface area contributed by atoms with Gasteiger partial charge in [-0.15, -0.1) is 0 Å². The molecule has 21 heteroatoms. The first-order chi connectivity index (χ1) is 22.1. The first-order valence-corrected chi connectivity index (χ1v) is 14.7. The van der Waals surface area contributed by atoms with Crippen LogP contribution in [0.4, 0.5) is 0 Å². The Kier molecular flexibility index (Phi) is 14.2. The van der Waals surface area contributed by atoms with Gasteiger partial charge in [0.2, 0.25) is 11.8 Å². The average Bonchev–Trinajstić information content (AvgIpc) is 3.01. The summed E-state index contributed by atoms with van der Waals surface area (Å²) in [7, 11) is 0. The van der Waals surface area contributed by atoms with E-state index in [-0.39, 0.29) is 0 Å². The molecule has 3 saturated heterocycles. The normalized spacial score (nSPS) is 42.3. The van der Waals surface area contributed by atoms with E-state index in [1.165, 1.54) is 6.92 Å². The Morgan fingerprint density at radius 2 is 1.26 bits per heavy atom. The Labute approximate surface area is 267 Å². The van der Waals surface area contributed by atoms with Gasteiger partial charge in [0.25, 0.3) is 0 Å². The quantitative estimate of drug-likeness (QED) is 0.0854. The number of hydrogen-bond acceptors (Lipinski definition) is 18. The molecule has 12 N–H and O–H groups in total. The van der Waals surface area contributed by atoms with Gasteiger partial charge in [-0.25, -0.2) is 4.79 Å². The van der Waals surface area contributed by atoms with Crippen LogP contribution in [0.3, 0.4) is 0 Å². The Balaban J connectivity index is 1.94. The van der Waals surface area contributed by atoms with Gasteiger partial charge in [-0.05, 0) is 6.92 Å². The Hall–Kier alpha value is -2.19. The van der Waals surface area contributed by atoms with Gasteiger partial charge in [-0.1, -0.05) is 0 Å². The number of aliphatic carboxylic acids is 1. The first kappa shape index (κ1) is 39.3. The van der Waals surface area contributed by atoms with Crippen LogP contribution < -0.4 is 10.6 Å². The third-order valence-corrected chi connectivity index (χ3v) is 7.93. The van der Waals surface area contributed by atoms with Crippen molar-refractivity contribution < 1.29 is 93.9 Å². The van der Waals surface area contributed by atoms with E-state index in [9.17, 15) is 60.3 Å². The van der Waals surface area contributed by atoms with Crippen LogP contribution in [-0.2, 0) is 42.8 Å². The minimum absolute atomic E-state index is 0.722. The van der Waals surface area contributed by atoms with Crippen molar-refractivity contribution in [3.8, 4) is 0 Å². The van der Waals surface area contributed by atoms with Crippen molar-refractivity contribution in [2.75, 3.05) is 19.8 Å². The van der Waals surface area contributed by atoms with E-state index in [1.54, 1.807) is 0 Å². The van der Waals surface area contributed by atoms with Crippen molar-refractivity contribution in [2.24, 2.45) is 0 Å². The van der Waals surface area contributed by atoms with Crippen LogP contribution in [0.1, 0.15) is 20.8 Å². The summed E-state index contributed by atoms with van der Waals surface area (Å²) in [5.74, 6) is -3.24. The Bertz CT molecular complexity index is 1060. The van der Waals surface area contributed by atoms with Crippen LogP contribution in [0.2, 0.25) is 0 Å². The van der Waals surface area contributed by atoms with Crippen molar-refractivity contribution in [1.82, 2.24) is 10.6 Å². The lowest BCUT2D eigenvalue weighted by Gasteiger charge is -2.50. The van der Waals surface area contributed by atoms with Crippen molar-refractivity contribution >= 4 is 17.8 Å². The average molecular weight is 689 g/mol. The second kappa shape index (κ2) is 17.0. The standard InChI is InChI=1S/C26H44N2O19/c1-7-15(34)19(38)20(39)26(42-7)47-22-14(28-9(3)33)25(43-10(4-29)16(22)35)46-21-12(6-31)45-24(13(18(21)37)27-8(2)32)44-11(5-30)17(36)23(40)41/h7,10-22,24-26,29-31,34-39H,4-6H2,1-3H3,(H,27,32)(H,28,33)(H,40,41)/t7-,10+,11+,12+,13+,14+,15+,16+,17+,18+,19+,20-,21+,22+,24+,25-,26-/m0/s1. The fourth-order valence-corrected chi connectivity index (χ4v) is 5.46. The lowest BCUT2D eigenvalue weighted by atomic mass is 9.94. The monoisotopic (exact) mass is 688 g/mol. The zero-order chi connectivity index (χ0) is 35.3. The fraction of sp³-hybridized carbons (Fsp3) is 0.885. The number of amides is 2. The zero-order valence-electron chi connectivity index (χ0n) is 25.6. The number of carboxylic acids is 1. The van der Waals surface area contributed by atoms with E-state index in [0.717, 1.165) is 13.8 Å². The summed E-state index contributed by atoms with van der Waals surface area (Å²) < 4.78 is 33.9. The van der Waals surface area contributed by atoms with Gasteiger partial charge < -0.3 is 90.1 Å². The molecule has 21 nitrogen and oxygen atoms in total. The van der Waals surface area contributed by atoms with Crippen molar-refractivity contribution in [3.05, 3.63) is 0 Å². The molecule has 3 aliphatic rings. The maximum Gasteiger partial charge on any atom is 0.335 e. The van der Waals surface area contributed by atoms with E-state index < -0.39 is 142 Å². The molecule has 47 heavy (non-hydrogen) atoms. The molecule has 0 radical (unpaired) electrons. The number of hydrogen-bond donors (Lipinski definition) is 12. The Morgan fingerprint density at radius 3 is 1.79 bits per heavy atom. The van der Waals surface area contributed by atoms with Gasteiger partial charge in [0.05, 0.1) is 25.9 Å². The molecule has 17 atom stereocenters. The van der Waals surface area contributed by atoms with Crippen LogP contribution in [-0.4, -0.2) is 193 Å². The molecule has 0 saturated carbocycles.